The Morgan fingerprint density at radius 1 is 1.75 bits per heavy atom. The summed E-state index contributed by atoms with van der Waals surface area (Å²) in [6, 6.07) is 0.384. The van der Waals surface area contributed by atoms with Crippen molar-refractivity contribution < 1.29 is 4.52 Å². The van der Waals surface area contributed by atoms with E-state index in [9.17, 15) is 0 Å². The molecule has 1 aromatic rings. The van der Waals surface area contributed by atoms with Crippen molar-refractivity contribution in [3.05, 3.63) is 18.0 Å². The molecule has 1 atom stereocenters. The SMILES string of the molecule is CN1CCNC(c2cnoc2)C1. The Hall–Kier alpha value is -0.870. The minimum absolute atomic E-state index is 0.384. The monoisotopic (exact) mass is 167 g/mol. The molecule has 1 aliphatic rings. The lowest BCUT2D eigenvalue weighted by Crippen LogP contribution is -2.43. The number of likely N-dealkylation sites (N-methyl/N-ethyl adjacent to an activating group) is 1. The zero-order valence-corrected chi connectivity index (χ0v) is 7.16. The van der Waals surface area contributed by atoms with E-state index in [4.69, 9.17) is 4.52 Å². The number of hydrogen-bond acceptors (Lipinski definition) is 4. The van der Waals surface area contributed by atoms with Crippen molar-refractivity contribution in [3.63, 3.8) is 0 Å². The molecular weight excluding hydrogens is 154 g/mol. The summed E-state index contributed by atoms with van der Waals surface area (Å²) in [5.41, 5.74) is 1.14. The second-order valence-electron chi connectivity index (χ2n) is 3.23. The molecule has 4 heteroatoms. The van der Waals surface area contributed by atoms with Gasteiger partial charge in [0.15, 0.2) is 0 Å². The van der Waals surface area contributed by atoms with Crippen LogP contribution in [0.2, 0.25) is 0 Å². The molecule has 1 aromatic heterocycles. The molecule has 0 spiro atoms. The van der Waals surface area contributed by atoms with Gasteiger partial charge in [0.05, 0.1) is 6.20 Å². The Bertz CT molecular complexity index is 234. The molecule has 12 heavy (non-hydrogen) atoms. The number of hydrogen-bond donors (Lipinski definition) is 1. The lowest BCUT2D eigenvalue weighted by atomic mass is 10.1. The fourth-order valence-electron chi connectivity index (χ4n) is 1.51. The minimum atomic E-state index is 0.384. The number of nitrogens with one attached hydrogen (secondary N) is 1. The van der Waals surface area contributed by atoms with Crippen LogP contribution in [0.15, 0.2) is 17.0 Å². The van der Waals surface area contributed by atoms with Gasteiger partial charge in [0, 0.05) is 31.2 Å². The van der Waals surface area contributed by atoms with E-state index in [0.717, 1.165) is 25.2 Å². The first-order chi connectivity index (χ1) is 5.86. The highest BCUT2D eigenvalue weighted by Crippen LogP contribution is 2.14. The molecular formula is C8H13N3O. The van der Waals surface area contributed by atoms with Crippen LogP contribution in [0, 0.1) is 0 Å². The van der Waals surface area contributed by atoms with Crippen LogP contribution >= 0.6 is 0 Å². The average Bonchev–Trinajstić information content (AvgIpc) is 2.56. The van der Waals surface area contributed by atoms with Crippen molar-refractivity contribution in [2.24, 2.45) is 0 Å². The molecule has 0 aromatic carbocycles. The fourth-order valence-corrected chi connectivity index (χ4v) is 1.51. The van der Waals surface area contributed by atoms with Gasteiger partial charge in [0.2, 0.25) is 0 Å². The summed E-state index contributed by atoms with van der Waals surface area (Å²) in [6.45, 7) is 3.18. The lowest BCUT2D eigenvalue weighted by molar-refractivity contribution is 0.240. The normalized spacial score (nSPS) is 25.9. The van der Waals surface area contributed by atoms with Gasteiger partial charge in [0.25, 0.3) is 0 Å². The maximum atomic E-state index is 4.79. The lowest BCUT2D eigenvalue weighted by Gasteiger charge is -2.29. The van der Waals surface area contributed by atoms with Gasteiger partial charge >= 0.3 is 0 Å². The quantitative estimate of drug-likeness (QED) is 0.651. The Morgan fingerprint density at radius 3 is 3.33 bits per heavy atom. The Balaban J connectivity index is 2.04. The van der Waals surface area contributed by atoms with Gasteiger partial charge in [-0.25, -0.2) is 0 Å². The van der Waals surface area contributed by atoms with E-state index < -0.39 is 0 Å². The molecule has 1 N–H and O–H groups in total. The van der Waals surface area contributed by atoms with Crippen LogP contribution in [-0.4, -0.2) is 36.7 Å². The fraction of sp³-hybridized carbons (Fsp3) is 0.625. The molecule has 0 amide bonds. The van der Waals surface area contributed by atoms with Gasteiger partial charge < -0.3 is 14.7 Å². The highest BCUT2D eigenvalue weighted by molar-refractivity contribution is 5.09. The van der Waals surface area contributed by atoms with E-state index in [1.165, 1.54) is 0 Å². The van der Waals surface area contributed by atoms with Crippen LogP contribution in [0.5, 0.6) is 0 Å². The van der Waals surface area contributed by atoms with Gasteiger partial charge in [-0.1, -0.05) is 5.16 Å². The summed E-state index contributed by atoms with van der Waals surface area (Å²) in [6.07, 6.45) is 3.48. The van der Waals surface area contributed by atoms with Gasteiger partial charge in [-0.3, -0.25) is 0 Å². The molecule has 66 valence electrons. The van der Waals surface area contributed by atoms with Crippen LogP contribution in [0.25, 0.3) is 0 Å². The molecule has 0 bridgehead atoms. The topological polar surface area (TPSA) is 41.3 Å². The first-order valence-corrected chi connectivity index (χ1v) is 4.17. The predicted octanol–water partition coefficient (Wildman–Crippen LogP) is 0.251. The van der Waals surface area contributed by atoms with E-state index in [1.54, 1.807) is 12.5 Å². The third-order valence-corrected chi connectivity index (χ3v) is 2.23. The Labute approximate surface area is 71.5 Å². The second-order valence-corrected chi connectivity index (χ2v) is 3.23. The summed E-state index contributed by atoms with van der Waals surface area (Å²) >= 11 is 0. The average molecular weight is 167 g/mol. The first kappa shape index (κ1) is 7.76. The van der Waals surface area contributed by atoms with Crippen molar-refractivity contribution in [1.29, 1.82) is 0 Å². The highest BCUT2D eigenvalue weighted by Gasteiger charge is 2.18. The van der Waals surface area contributed by atoms with Crippen LogP contribution in [0.4, 0.5) is 0 Å². The van der Waals surface area contributed by atoms with Crippen molar-refractivity contribution in [2.45, 2.75) is 6.04 Å². The molecule has 0 saturated carbocycles. The Morgan fingerprint density at radius 2 is 2.67 bits per heavy atom. The molecule has 0 radical (unpaired) electrons. The van der Waals surface area contributed by atoms with Crippen molar-refractivity contribution in [1.82, 2.24) is 15.4 Å². The van der Waals surface area contributed by atoms with Crippen molar-refractivity contribution in [3.8, 4) is 0 Å². The van der Waals surface area contributed by atoms with Gasteiger partial charge in [-0.15, -0.1) is 0 Å². The minimum Gasteiger partial charge on any atom is -0.364 e. The molecule has 2 heterocycles. The van der Waals surface area contributed by atoms with Crippen LogP contribution in [-0.2, 0) is 0 Å². The maximum absolute atomic E-state index is 4.79. The number of rotatable bonds is 1. The maximum Gasteiger partial charge on any atom is 0.128 e. The molecule has 1 unspecified atom stereocenters. The van der Waals surface area contributed by atoms with Gasteiger partial charge in [-0.2, -0.15) is 0 Å². The van der Waals surface area contributed by atoms with Gasteiger partial charge in [0.1, 0.15) is 6.26 Å². The molecule has 1 aliphatic heterocycles. The predicted molar refractivity (Wildman–Crippen MR) is 44.7 cm³/mol. The van der Waals surface area contributed by atoms with Crippen molar-refractivity contribution in [2.75, 3.05) is 26.7 Å². The van der Waals surface area contributed by atoms with Crippen LogP contribution in [0.3, 0.4) is 0 Å². The number of piperazine rings is 1. The van der Waals surface area contributed by atoms with E-state index in [0.29, 0.717) is 6.04 Å². The third kappa shape index (κ3) is 1.49. The smallest absolute Gasteiger partial charge is 0.128 e. The molecule has 2 rings (SSSR count). The zero-order chi connectivity index (χ0) is 8.39. The molecule has 0 aliphatic carbocycles. The molecule has 1 fully saturated rings. The van der Waals surface area contributed by atoms with E-state index in [1.807, 2.05) is 0 Å². The number of aromatic nitrogens is 1. The van der Waals surface area contributed by atoms with E-state index in [2.05, 4.69) is 22.4 Å². The summed E-state index contributed by atoms with van der Waals surface area (Å²) in [4.78, 5) is 2.30. The summed E-state index contributed by atoms with van der Waals surface area (Å²) in [5, 5.41) is 7.10. The van der Waals surface area contributed by atoms with Crippen molar-refractivity contribution >= 4 is 0 Å². The largest absolute Gasteiger partial charge is 0.364 e. The van der Waals surface area contributed by atoms with Gasteiger partial charge in [-0.05, 0) is 7.05 Å². The summed E-state index contributed by atoms with van der Waals surface area (Å²) < 4.78 is 4.79. The standard InChI is InChI=1S/C8H13N3O/c1-11-3-2-9-8(5-11)7-4-10-12-6-7/h4,6,8-9H,2-3,5H2,1H3. The highest BCUT2D eigenvalue weighted by atomic mass is 16.5. The summed E-state index contributed by atoms with van der Waals surface area (Å²) in [5.74, 6) is 0. The van der Waals surface area contributed by atoms with Crippen LogP contribution < -0.4 is 5.32 Å². The first-order valence-electron chi connectivity index (χ1n) is 4.17. The van der Waals surface area contributed by atoms with E-state index in [-0.39, 0.29) is 0 Å². The third-order valence-electron chi connectivity index (χ3n) is 2.23. The molecule has 4 nitrogen and oxygen atoms in total. The summed E-state index contributed by atoms with van der Waals surface area (Å²) in [7, 11) is 2.13. The van der Waals surface area contributed by atoms with Crippen LogP contribution in [0.1, 0.15) is 11.6 Å². The Kier molecular flexibility index (Phi) is 2.10. The number of nitrogens with zero attached hydrogens (tertiary/aromatic N) is 2. The molecule has 1 saturated heterocycles. The zero-order valence-electron chi connectivity index (χ0n) is 7.16. The second kappa shape index (κ2) is 3.25. The van der Waals surface area contributed by atoms with E-state index >= 15 is 0 Å².